The zero-order valence-electron chi connectivity index (χ0n) is 25.4. The molecular formula is C24H22BBrO4. The maximum Gasteiger partial charge on any atom is 0.488 e. The van der Waals surface area contributed by atoms with Crippen LogP contribution in [0.2, 0.25) is 0 Å². The molecule has 0 aliphatic carbocycles. The Hall–Kier alpha value is -3.06. The Morgan fingerprint density at radius 1 is 0.600 bits per heavy atom. The Bertz CT molecular complexity index is 1370. The van der Waals surface area contributed by atoms with Crippen LogP contribution in [-0.2, 0) is 0 Å². The van der Waals surface area contributed by atoms with Crippen molar-refractivity contribution < 1.29 is 34.0 Å². The van der Waals surface area contributed by atoms with Crippen molar-refractivity contribution in [3.8, 4) is 22.6 Å². The van der Waals surface area contributed by atoms with Crippen LogP contribution >= 0.6 is 15.9 Å². The van der Waals surface area contributed by atoms with Crippen LogP contribution in [0.15, 0.2) is 113 Å². The van der Waals surface area contributed by atoms with Crippen LogP contribution in [0.4, 0.5) is 0 Å². The molecule has 0 saturated heterocycles. The predicted molar refractivity (Wildman–Crippen MR) is 126 cm³/mol. The van der Waals surface area contributed by atoms with Gasteiger partial charge in [0.15, 0.2) is 0 Å². The minimum atomic E-state index is -1.46. The van der Waals surface area contributed by atoms with Crippen LogP contribution in [-0.4, -0.2) is 27.4 Å². The van der Waals surface area contributed by atoms with Gasteiger partial charge in [0.1, 0.15) is 11.5 Å². The summed E-state index contributed by atoms with van der Waals surface area (Å²) < 4.78 is 74.5. The van der Waals surface area contributed by atoms with E-state index in [0.717, 1.165) is 0 Å². The van der Waals surface area contributed by atoms with Gasteiger partial charge < -0.3 is 20.3 Å². The van der Waals surface area contributed by atoms with E-state index in [-0.39, 0.29) is 75.9 Å². The first kappa shape index (κ1) is 12.6. The molecule has 0 amide bonds. The van der Waals surface area contributed by atoms with Gasteiger partial charge in [0.2, 0.25) is 0 Å². The van der Waals surface area contributed by atoms with E-state index < -0.39 is 13.2 Å². The molecule has 30 heavy (non-hydrogen) atoms. The molecule has 0 atom stereocenters. The van der Waals surface area contributed by atoms with E-state index in [2.05, 4.69) is 15.9 Å². The van der Waals surface area contributed by atoms with Gasteiger partial charge in [-0.1, -0.05) is 88.5 Å². The lowest BCUT2D eigenvalue weighted by atomic mass is 9.80. The average molecular weight is 475 g/mol. The molecule has 0 aromatic heterocycles. The third kappa shape index (κ3) is 8.53. The highest BCUT2D eigenvalue weighted by Crippen LogP contribution is 2.20. The maximum atomic E-state index is 9.20. The summed E-state index contributed by atoms with van der Waals surface area (Å²) >= 11 is 2.92. The van der Waals surface area contributed by atoms with Crippen molar-refractivity contribution in [3.05, 3.63) is 113 Å². The van der Waals surface area contributed by atoms with Gasteiger partial charge in [-0.3, -0.25) is 0 Å². The molecule has 152 valence electrons. The predicted octanol–water partition coefficient (Wildman–Crippen LogP) is 4.58. The van der Waals surface area contributed by atoms with Crippen LogP contribution in [0.1, 0.15) is 13.7 Å². The van der Waals surface area contributed by atoms with Crippen molar-refractivity contribution in [2.75, 3.05) is 0 Å². The molecule has 0 fully saturated rings. The molecular weight excluding hydrogens is 443 g/mol. The van der Waals surface area contributed by atoms with Crippen molar-refractivity contribution in [2.24, 2.45) is 0 Å². The molecule has 0 spiro atoms. The number of hydrogen-bond acceptors (Lipinski definition) is 4. The summed E-state index contributed by atoms with van der Waals surface area (Å²) in [7, 11) is -1.46. The summed E-state index contributed by atoms with van der Waals surface area (Å²) in [5.41, 5.74) is 0.989. The Morgan fingerprint density at radius 3 is 1.50 bits per heavy atom. The molecule has 4 N–H and O–H groups in total. The number of benzene rings is 4. The summed E-state index contributed by atoms with van der Waals surface area (Å²) in [6, 6.07) is 8.51. The van der Waals surface area contributed by atoms with Crippen LogP contribution in [0.3, 0.4) is 0 Å². The van der Waals surface area contributed by atoms with Crippen molar-refractivity contribution in [1.82, 2.24) is 0 Å². The van der Waals surface area contributed by atoms with Gasteiger partial charge in [0, 0.05) is 4.47 Å². The van der Waals surface area contributed by atoms with Gasteiger partial charge in [0.05, 0.1) is 13.7 Å². The second-order valence-electron chi connectivity index (χ2n) is 5.45. The van der Waals surface area contributed by atoms with Gasteiger partial charge in [0.25, 0.3) is 0 Å². The summed E-state index contributed by atoms with van der Waals surface area (Å²) in [6.07, 6.45) is 0. The first-order valence-electron chi connectivity index (χ1n) is 13.3. The largest absolute Gasteiger partial charge is 0.508 e. The number of phenols is 2. The minimum Gasteiger partial charge on any atom is -0.508 e. The van der Waals surface area contributed by atoms with Crippen molar-refractivity contribution in [3.63, 3.8) is 0 Å². The topological polar surface area (TPSA) is 80.9 Å². The number of aromatic hydroxyl groups is 2. The fraction of sp³-hybridized carbons (Fsp3) is 0. The van der Waals surface area contributed by atoms with Gasteiger partial charge in [-0.25, -0.2) is 0 Å². The lowest BCUT2D eigenvalue weighted by Gasteiger charge is -2.00. The Balaban J connectivity index is 0.000000222. The van der Waals surface area contributed by atoms with Crippen LogP contribution in [0.5, 0.6) is 11.5 Å². The van der Waals surface area contributed by atoms with Gasteiger partial charge in [-0.05, 0) is 52.9 Å². The monoisotopic (exact) mass is 474 g/mol. The van der Waals surface area contributed by atoms with E-state index in [1.807, 2.05) is 0 Å². The highest BCUT2D eigenvalue weighted by atomic mass is 79.9. The molecule has 0 aliphatic heterocycles. The quantitative estimate of drug-likeness (QED) is 0.320. The van der Waals surface area contributed by atoms with E-state index in [4.69, 9.17) is 28.9 Å². The number of phenolic OH excluding ortho intramolecular Hbond substituents is 2. The summed E-state index contributed by atoms with van der Waals surface area (Å²) in [6.45, 7) is 0. The van der Waals surface area contributed by atoms with E-state index >= 15 is 0 Å². The second kappa shape index (κ2) is 12.5. The first-order valence-corrected chi connectivity index (χ1v) is 9.13. The summed E-state index contributed by atoms with van der Waals surface area (Å²) in [5.74, 6) is 0.176. The summed E-state index contributed by atoms with van der Waals surface area (Å²) in [5, 5.41) is 35.1. The molecule has 0 saturated carbocycles. The zero-order valence-corrected chi connectivity index (χ0v) is 16.9. The molecule has 4 nitrogen and oxygen atoms in total. The third-order valence-electron chi connectivity index (χ3n) is 3.32. The van der Waals surface area contributed by atoms with Gasteiger partial charge >= 0.3 is 7.12 Å². The lowest BCUT2D eigenvalue weighted by molar-refractivity contribution is 0.425. The molecule has 0 heterocycles. The minimum absolute atomic E-state index is 0.0612. The summed E-state index contributed by atoms with van der Waals surface area (Å²) in [4.78, 5) is 0. The van der Waals surface area contributed by atoms with Gasteiger partial charge in [-0.2, -0.15) is 0 Å². The van der Waals surface area contributed by atoms with Crippen LogP contribution in [0.25, 0.3) is 11.1 Å². The Kier molecular flexibility index (Phi) is 5.25. The molecule has 6 heteroatoms. The molecule has 4 aromatic rings. The fourth-order valence-electron chi connectivity index (χ4n) is 1.90. The molecule has 4 rings (SSSR count). The van der Waals surface area contributed by atoms with E-state index in [9.17, 15) is 5.11 Å². The van der Waals surface area contributed by atoms with E-state index in [0.29, 0.717) is 11.0 Å². The second-order valence-corrected chi connectivity index (χ2v) is 6.24. The fourth-order valence-corrected chi connectivity index (χ4v) is 2.10. The van der Waals surface area contributed by atoms with Crippen LogP contribution in [0, 0.1) is 0 Å². The average Bonchev–Trinajstić information content (AvgIpc) is 2.94. The molecule has 0 aliphatic rings. The van der Waals surface area contributed by atoms with Crippen molar-refractivity contribution in [1.29, 1.82) is 0 Å². The Labute approximate surface area is 199 Å². The normalized spacial score (nSPS) is 14.1. The van der Waals surface area contributed by atoms with Crippen molar-refractivity contribution in [2.45, 2.75) is 0 Å². The van der Waals surface area contributed by atoms with Crippen molar-refractivity contribution >= 4 is 28.5 Å². The maximum absolute atomic E-state index is 9.20. The lowest BCUT2D eigenvalue weighted by Crippen LogP contribution is -2.29. The SMILES string of the molecule is OB(O)c1ccc(O)cc1.[2H]c1c([2H])c([2H])c(-c2ccc(O)cc2)c([2H])c1[2H].[2H]c1c([2H])c([2H])c(Br)c([2H])c1[2H]. The van der Waals surface area contributed by atoms with E-state index in [1.165, 1.54) is 48.5 Å². The van der Waals surface area contributed by atoms with Gasteiger partial charge in [-0.15, -0.1) is 0 Å². The highest BCUT2D eigenvalue weighted by molar-refractivity contribution is 9.10. The molecule has 0 bridgehead atoms. The Morgan fingerprint density at radius 2 is 1.03 bits per heavy atom. The third-order valence-corrected chi connectivity index (χ3v) is 3.71. The number of halogens is 1. The molecule has 4 aromatic carbocycles. The highest BCUT2D eigenvalue weighted by Gasteiger charge is 2.08. The number of hydrogen-bond donors (Lipinski definition) is 4. The standard InChI is InChI=1S/C12H10O.C6H7BO3.C6H5Br/c13-12-8-6-11(7-9-12)10-4-2-1-3-5-10;8-6-3-1-5(2-4-6)7(9)10;7-6-4-2-1-3-5-6/h1-9,13H;1-4,8-10H;1-5H/i1D,2D,3D,4D,5D;;1D,2D,3D,4D,5D. The van der Waals surface area contributed by atoms with E-state index in [1.54, 1.807) is 0 Å². The van der Waals surface area contributed by atoms with Crippen LogP contribution < -0.4 is 5.46 Å². The smallest absolute Gasteiger partial charge is 0.488 e. The zero-order chi connectivity index (χ0) is 30.5. The molecule has 0 radical (unpaired) electrons. The first-order chi connectivity index (χ1) is 18.6. The number of rotatable bonds is 2. The molecule has 0 unspecified atom stereocenters.